The Kier molecular flexibility index (Phi) is 4.86. The number of nitrogens with two attached hydrogens (primary N) is 1. The Morgan fingerprint density at radius 1 is 1.32 bits per heavy atom. The Hall–Kier alpha value is -2.11. The summed E-state index contributed by atoms with van der Waals surface area (Å²) >= 11 is 0. The van der Waals surface area contributed by atoms with Gasteiger partial charge in [-0.2, -0.15) is 0 Å². The van der Waals surface area contributed by atoms with E-state index in [9.17, 15) is 9.18 Å². The van der Waals surface area contributed by atoms with E-state index in [1.165, 1.54) is 24.3 Å². The van der Waals surface area contributed by atoms with E-state index in [2.05, 4.69) is 15.6 Å². The number of carbonyl (C=O) groups excluding carboxylic acids is 1. The molecule has 0 heterocycles. The maximum Gasteiger partial charge on any atom is 0.246 e. The number of anilines is 1. The Bertz CT molecular complexity index is 463. The summed E-state index contributed by atoms with van der Waals surface area (Å²) in [6.07, 6.45) is 0. The number of hydrogen-bond donors (Lipinski definition) is 3. The summed E-state index contributed by atoms with van der Waals surface area (Å²) in [4.78, 5) is 15.5. The van der Waals surface area contributed by atoms with Gasteiger partial charge in [-0.3, -0.25) is 4.79 Å². The monoisotopic (exact) mass is 266 g/mol. The lowest BCUT2D eigenvalue weighted by Crippen LogP contribution is -2.45. The summed E-state index contributed by atoms with van der Waals surface area (Å²) in [6, 6.07) is 5.50. The van der Waals surface area contributed by atoms with E-state index in [-0.39, 0.29) is 29.8 Å². The molecule has 0 aliphatic heterocycles. The number of guanidine groups is 1. The molecule has 1 rings (SSSR count). The number of carbonyl (C=O) groups is 1. The van der Waals surface area contributed by atoms with Crippen LogP contribution in [0.15, 0.2) is 29.3 Å². The third kappa shape index (κ3) is 6.40. The van der Waals surface area contributed by atoms with Crippen molar-refractivity contribution in [2.75, 3.05) is 11.9 Å². The van der Waals surface area contributed by atoms with E-state index < -0.39 is 0 Å². The molecule has 1 amide bonds. The fourth-order valence-electron chi connectivity index (χ4n) is 1.31. The van der Waals surface area contributed by atoms with Gasteiger partial charge in [-0.05, 0) is 45.0 Å². The second-order valence-electron chi connectivity index (χ2n) is 5.13. The Balaban J connectivity index is 2.47. The summed E-state index contributed by atoms with van der Waals surface area (Å²) < 4.78 is 12.7. The molecule has 4 N–H and O–H groups in total. The van der Waals surface area contributed by atoms with E-state index in [1.807, 2.05) is 20.8 Å². The van der Waals surface area contributed by atoms with Gasteiger partial charge in [0.25, 0.3) is 0 Å². The van der Waals surface area contributed by atoms with Gasteiger partial charge in [0.05, 0.1) is 0 Å². The van der Waals surface area contributed by atoms with Gasteiger partial charge in [0, 0.05) is 11.2 Å². The maximum absolute atomic E-state index is 12.7. The third-order valence-corrected chi connectivity index (χ3v) is 2.02. The third-order valence-electron chi connectivity index (χ3n) is 2.02. The van der Waals surface area contributed by atoms with Crippen LogP contribution in [0.5, 0.6) is 0 Å². The van der Waals surface area contributed by atoms with Crippen LogP contribution in [-0.4, -0.2) is 24.0 Å². The number of rotatable bonds is 3. The van der Waals surface area contributed by atoms with Crippen LogP contribution in [0.25, 0.3) is 0 Å². The van der Waals surface area contributed by atoms with Gasteiger partial charge in [-0.15, -0.1) is 0 Å². The lowest BCUT2D eigenvalue weighted by molar-refractivity contribution is -0.114. The summed E-state index contributed by atoms with van der Waals surface area (Å²) in [5.74, 6) is -0.457. The number of aliphatic imine (C=N–C) groups is 1. The number of benzene rings is 1. The zero-order chi connectivity index (χ0) is 14.5. The van der Waals surface area contributed by atoms with Gasteiger partial charge >= 0.3 is 0 Å². The van der Waals surface area contributed by atoms with Crippen molar-refractivity contribution in [2.45, 2.75) is 26.3 Å². The second-order valence-corrected chi connectivity index (χ2v) is 5.13. The molecule has 0 unspecified atom stereocenters. The molecule has 0 saturated carbocycles. The van der Waals surface area contributed by atoms with Crippen LogP contribution in [0.2, 0.25) is 0 Å². The SMILES string of the molecule is CC(C)(C)NC(N)=NCC(=O)Nc1ccc(F)cc1. The van der Waals surface area contributed by atoms with Crippen LogP contribution in [0, 0.1) is 5.82 Å². The van der Waals surface area contributed by atoms with Crippen LogP contribution >= 0.6 is 0 Å². The molecule has 0 fully saturated rings. The molecular weight excluding hydrogens is 247 g/mol. The number of halogens is 1. The summed E-state index contributed by atoms with van der Waals surface area (Å²) in [6.45, 7) is 5.72. The predicted octanol–water partition coefficient (Wildman–Crippen LogP) is 1.47. The average Bonchev–Trinajstić information content (AvgIpc) is 2.27. The first-order valence-electron chi connectivity index (χ1n) is 5.90. The van der Waals surface area contributed by atoms with E-state index in [0.29, 0.717) is 5.69 Å². The number of nitrogens with one attached hydrogen (secondary N) is 2. The minimum atomic E-state index is -0.352. The van der Waals surface area contributed by atoms with Crippen molar-refractivity contribution >= 4 is 17.6 Å². The van der Waals surface area contributed by atoms with E-state index in [0.717, 1.165) is 0 Å². The molecule has 0 bridgehead atoms. The van der Waals surface area contributed by atoms with Crippen molar-refractivity contribution in [3.05, 3.63) is 30.1 Å². The Morgan fingerprint density at radius 2 is 1.89 bits per heavy atom. The maximum atomic E-state index is 12.7. The normalized spacial score (nSPS) is 12.1. The molecule has 1 aromatic rings. The number of amides is 1. The second kappa shape index (κ2) is 6.17. The van der Waals surface area contributed by atoms with Crippen molar-refractivity contribution in [3.63, 3.8) is 0 Å². The van der Waals surface area contributed by atoms with Crippen LogP contribution < -0.4 is 16.4 Å². The molecule has 0 aliphatic rings. The van der Waals surface area contributed by atoms with Crippen molar-refractivity contribution in [1.29, 1.82) is 0 Å². The van der Waals surface area contributed by atoms with Crippen LogP contribution in [0.3, 0.4) is 0 Å². The van der Waals surface area contributed by atoms with Gasteiger partial charge in [-0.25, -0.2) is 9.38 Å². The summed E-state index contributed by atoms with van der Waals surface area (Å²) in [7, 11) is 0. The molecule has 1 aromatic carbocycles. The van der Waals surface area contributed by atoms with E-state index >= 15 is 0 Å². The van der Waals surface area contributed by atoms with Gasteiger partial charge < -0.3 is 16.4 Å². The molecule has 0 aliphatic carbocycles. The minimum absolute atomic E-state index is 0.0910. The molecule has 6 heteroatoms. The van der Waals surface area contributed by atoms with Gasteiger partial charge in [0.2, 0.25) is 5.91 Å². The Labute approximate surface area is 112 Å². The lowest BCUT2D eigenvalue weighted by Gasteiger charge is -2.20. The first-order valence-corrected chi connectivity index (χ1v) is 5.90. The van der Waals surface area contributed by atoms with Gasteiger partial charge in [0.1, 0.15) is 12.4 Å². The number of hydrogen-bond acceptors (Lipinski definition) is 2. The highest BCUT2D eigenvalue weighted by Crippen LogP contribution is 2.07. The molecule has 0 aromatic heterocycles. The fraction of sp³-hybridized carbons (Fsp3) is 0.385. The minimum Gasteiger partial charge on any atom is -0.370 e. The largest absolute Gasteiger partial charge is 0.370 e. The molecule has 19 heavy (non-hydrogen) atoms. The zero-order valence-corrected chi connectivity index (χ0v) is 11.3. The van der Waals surface area contributed by atoms with Crippen LogP contribution in [0.4, 0.5) is 10.1 Å². The quantitative estimate of drug-likeness (QED) is 0.572. The molecular formula is C13H19FN4O. The Morgan fingerprint density at radius 3 is 2.42 bits per heavy atom. The summed E-state index contributed by atoms with van der Waals surface area (Å²) in [5.41, 5.74) is 5.94. The smallest absolute Gasteiger partial charge is 0.246 e. The van der Waals surface area contributed by atoms with Gasteiger partial charge in [-0.1, -0.05) is 0 Å². The lowest BCUT2D eigenvalue weighted by atomic mass is 10.1. The predicted molar refractivity (Wildman–Crippen MR) is 74.4 cm³/mol. The highest BCUT2D eigenvalue weighted by Gasteiger charge is 2.10. The van der Waals surface area contributed by atoms with E-state index in [4.69, 9.17) is 5.73 Å². The van der Waals surface area contributed by atoms with Crippen molar-refractivity contribution < 1.29 is 9.18 Å². The van der Waals surface area contributed by atoms with E-state index in [1.54, 1.807) is 0 Å². The van der Waals surface area contributed by atoms with Gasteiger partial charge in [0.15, 0.2) is 5.96 Å². The summed E-state index contributed by atoms with van der Waals surface area (Å²) in [5, 5.41) is 5.54. The first kappa shape index (κ1) is 14.9. The van der Waals surface area contributed by atoms with Crippen molar-refractivity contribution in [2.24, 2.45) is 10.7 Å². The van der Waals surface area contributed by atoms with Crippen LogP contribution in [-0.2, 0) is 4.79 Å². The average molecular weight is 266 g/mol. The molecule has 0 radical (unpaired) electrons. The fourth-order valence-corrected chi connectivity index (χ4v) is 1.31. The molecule has 104 valence electrons. The van der Waals surface area contributed by atoms with Crippen LogP contribution in [0.1, 0.15) is 20.8 Å². The zero-order valence-electron chi connectivity index (χ0n) is 11.3. The number of nitrogens with zero attached hydrogens (tertiary/aromatic N) is 1. The standard InChI is InChI=1S/C13H19FN4O/c1-13(2,3)18-12(15)16-8-11(19)17-10-6-4-9(14)5-7-10/h4-7H,8H2,1-3H3,(H,17,19)(H3,15,16,18). The highest BCUT2D eigenvalue weighted by atomic mass is 19.1. The molecule has 5 nitrogen and oxygen atoms in total. The first-order chi connectivity index (χ1) is 8.76. The highest BCUT2D eigenvalue weighted by molar-refractivity contribution is 5.93. The molecule has 0 saturated heterocycles. The topological polar surface area (TPSA) is 79.5 Å². The molecule has 0 spiro atoms. The van der Waals surface area contributed by atoms with Crippen molar-refractivity contribution in [1.82, 2.24) is 5.32 Å². The molecule has 0 atom stereocenters. The van der Waals surface area contributed by atoms with Crippen molar-refractivity contribution in [3.8, 4) is 0 Å².